The molecule has 1 aromatic carbocycles. The van der Waals surface area contributed by atoms with Crippen molar-refractivity contribution in [3.63, 3.8) is 0 Å². The smallest absolute Gasteiger partial charge is 0.255 e. The predicted molar refractivity (Wildman–Crippen MR) is 80.6 cm³/mol. The van der Waals surface area contributed by atoms with E-state index in [9.17, 15) is 4.79 Å². The summed E-state index contributed by atoms with van der Waals surface area (Å²) in [6.07, 6.45) is 1.04. The molecule has 5 heteroatoms. The number of methoxy groups -OCH3 is 1. The zero-order valence-corrected chi connectivity index (χ0v) is 13.7. The van der Waals surface area contributed by atoms with Crippen LogP contribution in [0.1, 0.15) is 23.7 Å². The van der Waals surface area contributed by atoms with Gasteiger partial charge in [-0.05, 0) is 30.5 Å². The van der Waals surface area contributed by atoms with Crippen LogP contribution in [0, 0.1) is 5.92 Å². The molecule has 0 radical (unpaired) electrons. The zero-order chi connectivity index (χ0) is 13.5. The molecule has 100 valence electrons. The molecule has 18 heavy (non-hydrogen) atoms. The molecule has 0 aliphatic carbocycles. The van der Waals surface area contributed by atoms with E-state index in [1.54, 1.807) is 19.2 Å². The van der Waals surface area contributed by atoms with Gasteiger partial charge in [0.2, 0.25) is 0 Å². The summed E-state index contributed by atoms with van der Waals surface area (Å²) in [6, 6.07) is 5.38. The number of ether oxygens (including phenoxy) is 1. The maximum atomic E-state index is 12.0. The van der Waals surface area contributed by atoms with E-state index in [0.717, 1.165) is 16.2 Å². The van der Waals surface area contributed by atoms with Crippen molar-refractivity contribution < 1.29 is 9.53 Å². The molecule has 1 rings (SSSR count). The molecule has 0 saturated heterocycles. The number of hydrogen-bond donors (Lipinski definition) is 1. The number of hydrogen-bond acceptors (Lipinski definition) is 2. The number of amides is 1. The number of rotatable bonds is 6. The van der Waals surface area contributed by atoms with Crippen LogP contribution in [-0.2, 0) is 0 Å². The van der Waals surface area contributed by atoms with Gasteiger partial charge in [0.15, 0.2) is 0 Å². The van der Waals surface area contributed by atoms with Gasteiger partial charge in [0.05, 0.1) is 12.7 Å². The number of carbonyl (C=O) groups excluding carboxylic acids is 1. The molecule has 0 spiro atoms. The highest BCUT2D eigenvalue weighted by Gasteiger charge is 2.13. The highest BCUT2D eigenvalue weighted by Crippen LogP contribution is 2.23. The molecule has 1 N–H and O–H groups in total. The van der Waals surface area contributed by atoms with Crippen LogP contribution in [0.3, 0.4) is 0 Å². The topological polar surface area (TPSA) is 38.3 Å². The predicted octanol–water partition coefficient (Wildman–Crippen LogP) is 3.61. The van der Waals surface area contributed by atoms with Crippen molar-refractivity contribution in [1.82, 2.24) is 5.32 Å². The molecule has 0 aliphatic rings. The van der Waals surface area contributed by atoms with Crippen molar-refractivity contribution in [1.29, 1.82) is 0 Å². The summed E-state index contributed by atoms with van der Waals surface area (Å²) in [7, 11) is 1.56. The van der Waals surface area contributed by atoms with Crippen molar-refractivity contribution >= 4 is 37.8 Å². The Morgan fingerprint density at radius 3 is 2.83 bits per heavy atom. The van der Waals surface area contributed by atoms with E-state index in [0.29, 0.717) is 23.8 Å². The van der Waals surface area contributed by atoms with Crippen molar-refractivity contribution in [2.45, 2.75) is 13.3 Å². The molecule has 0 fully saturated rings. The van der Waals surface area contributed by atoms with E-state index < -0.39 is 0 Å². The third-order valence-corrected chi connectivity index (χ3v) is 3.57. The van der Waals surface area contributed by atoms with Crippen LogP contribution in [0.15, 0.2) is 22.7 Å². The largest absolute Gasteiger partial charge is 0.496 e. The summed E-state index contributed by atoms with van der Waals surface area (Å²) in [5, 5.41) is 3.87. The highest BCUT2D eigenvalue weighted by molar-refractivity contribution is 9.10. The molecular weight excluding hydrogens is 362 g/mol. The second-order valence-electron chi connectivity index (χ2n) is 4.14. The van der Waals surface area contributed by atoms with Gasteiger partial charge < -0.3 is 10.1 Å². The van der Waals surface area contributed by atoms with E-state index in [1.807, 2.05) is 6.07 Å². The summed E-state index contributed by atoms with van der Waals surface area (Å²) in [5.74, 6) is 0.936. The lowest BCUT2D eigenvalue weighted by atomic mass is 10.1. The van der Waals surface area contributed by atoms with Gasteiger partial charge in [-0.1, -0.05) is 38.8 Å². The normalized spacial score (nSPS) is 12.0. The van der Waals surface area contributed by atoms with Gasteiger partial charge >= 0.3 is 0 Å². The van der Waals surface area contributed by atoms with Crippen LogP contribution in [0.4, 0.5) is 0 Å². The number of halogens is 2. The fourth-order valence-electron chi connectivity index (χ4n) is 1.50. The van der Waals surface area contributed by atoms with Gasteiger partial charge in [-0.25, -0.2) is 0 Å². The van der Waals surface area contributed by atoms with Crippen LogP contribution in [0.5, 0.6) is 5.75 Å². The Kier molecular flexibility index (Phi) is 6.71. The number of benzene rings is 1. The average Bonchev–Trinajstić information content (AvgIpc) is 2.36. The fraction of sp³-hybridized carbons (Fsp3) is 0.462. The molecule has 0 bridgehead atoms. The minimum atomic E-state index is -0.0965. The Labute approximate surface area is 125 Å². The second kappa shape index (κ2) is 7.79. The molecule has 1 amide bonds. The van der Waals surface area contributed by atoms with E-state index in [4.69, 9.17) is 4.74 Å². The average molecular weight is 379 g/mol. The van der Waals surface area contributed by atoms with E-state index in [-0.39, 0.29) is 5.91 Å². The minimum Gasteiger partial charge on any atom is -0.496 e. The van der Waals surface area contributed by atoms with E-state index in [1.165, 1.54) is 0 Å². The molecule has 0 saturated carbocycles. The summed E-state index contributed by atoms with van der Waals surface area (Å²) in [4.78, 5) is 12.0. The monoisotopic (exact) mass is 377 g/mol. The molecular formula is C13H17Br2NO2. The molecule has 0 aromatic heterocycles. The molecule has 1 atom stereocenters. The van der Waals surface area contributed by atoms with Gasteiger partial charge in [-0.3, -0.25) is 4.79 Å². The third kappa shape index (κ3) is 4.61. The highest BCUT2D eigenvalue weighted by atomic mass is 79.9. The zero-order valence-electron chi connectivity index (χ0n) is 10.5. The van der Waals surface area contributed by atoms with Crippen LogP contribution in [0.2, 0.25) is 0 Å². The summed E-state index contributed by atoms with van der Waals surface area (Å²) in [5.41, 5.74) is 0.562. The number of alkyl halides is 1. The Morgan fingerprint density at radius 2 is 2.22 bits per heavy atom. The molecule has 1 aromatic rings. The minimum absolute atomic E-state index is 0.0965. The molecule has 0 aliphatic heterocycles. The van der Waals surface area contributed by atoms with Crippen LogP contribution in [-0.4, -0.2) is 24.9 Å². The van der Waals surface area contributed by atoms with Gasteiger partial charge in [-0.2, -0.15) is 0 Å². The van der Waals surface area contributed by atoms with Gasteiger partial charge in [-0.15, -0.1) is 0 Å². The Morgan fingerprint density at radius 1 is 1.50 bits per heavy atom. The Hall–Kier alpha value is -0.550. The lowest BCUT2D eigenvalue weighted by molar-refractivity contribution is 0.0945. The van der Waals surface area contributed by atoms with Crippen molar-refractivity contribution in [3.05, 3.63) is 28.2 Å². The summed E-state index contributed by atoms with van der Waals surface area (Å²) in [6.45, 7) is 2.78. The molecule has 1 unspecified atom stereocenters. The number of nitrogens with one attached hydrogen (secondary N) is 1. The van der Waals surface area contributed by atoms with Crippen LogP contribution in [0.25, 0.3) is 0 Å². The van der Waals surface area contributed by atoms with Crippen LogP contribution >= 0.6 is 31.9 Å². The fourth-order valence-corrected chi connectivity index (χ4v) is 2.62. The van der Waals surface area contributed by atoms with E-state index in [2.05, 4.69) is 44.1 Å². The van der Waals surface area contributed by atoms with Crippen molar-refractivity contribution in [2.75, 3.05) is 19.0 Å². The lowest BCUT2D eigenvalue weighted by Crippen LogP contribution is -2.28. The first-order chi connectivity index (χ1) is 8.58. The molecule has 0 heterocycles. The van der Waals surface area contributed by atoms with E-state index >= 15 is 0 Å². The quantitative estimate of drug-likeness (QED) is 0.768. The lowest BCUT2D eigenvalue weighted by Gasteiger charge is -2.13. The van der Waals surface area contributed by atoms with Gasteiger partial charge in [0, 0.05) is 16.3 Å². The van der Waals surface area contributed by atoms with Gasteiger partial charge in [0.25, 0.3) is 5.91 Å². The first-order valence-corrected chi connectivity index (χ1v) is 7.67. The Balaban J connectivity index is 2.66. The first kappa shape index (κ1) is 15.5. The standard InChI is InChI=1S/C13H17Br2NO2/c1-9(5-6-14)8-16-13(17)11-4-3-10(15)7-12(11)18-2/h3-4,7,9H,5-6,8H2,1-2H3,(H,16,17). The summed E-state index contributed by atoms with van der Waals surface area (Å²) < 4.78 is 6.10. The van der Waals surface area contributed by atoms with Gasteiger partial charge in [0.1, 0.15) is 5.75 Å². The SMILES string of the molecule is COc1cc(Br)ccc1C(=O)NCC(C)CCBr. The third-order valence-electron chi connectivity index (χ3n) is 2.62. The van der Waals surface area contributed by atoms with Crippen molar-refractivity contribution in [2.24, 2.45) is 5.92 Å². The molecule has 3 nitrogen and oxygen atoms in total. The number of carbonyl (C=O) groups is 1. The maximum Gasteiger partial charge on any atom is 0.255 e. The van der Waals surface area contributed by atoms with Crippen LogP contribution < -0.4 is 10.1 Å². The van der Waals surface area contributed by atoms with Crippen molar-refractivity contribution in [3.8, 4) is 5.75 Å². The first-order valence-electron chi connectivity index (χ1n) is 5.76. The second-order valence-corrected chi connectivity index (χ2v) is 5.85. The Bertz CT molecular complexity index is 410. The summed E-state index contributed by atoms with van der Waals surface area (Å²) >= 11 is 6.75. The maximum absolute atomic E-state index is 12.0.